The Morgan fingerprint density at radius 2 is 1.54 bits per heavy atom. The number of aliphatic hydroxyl groups is 1. The molecule has 8 atom stereocenters. The summed E-state index contributed by atoms with van der Waals surface area (Å²) in [6.07, 6.45) is 0.712. The smallest absolute Gasteiger partial charge is 0.408 e. The number of ether oxygens (including phenoxy) is 1. The Bertz CT molecular complexity index is 1450. The van der Waals surface area contributed by atoms with Gasteiger partial charge in [0.25, 0.3) is 0 Å². The summed E-state index contributed by atoms with van der Waals surface area (Å²) >= 11 is 0. The van der Waals surface area contributed by atoms with Gasteiger partial charge in [0.2, 0.25) is 29.5 Å². The van der Waals surface area contributed by atoms with Crippen LogP contribution < -0.4 is 37.6 Å². The normalized spacial score (nSPS) is 18.7. The summed E-state index contributed by atoms with van der Waals surface area (Å²) in [7, 11) is 0. The van der Waals surface area contributed by atoms with Crippen molar-refractivity contribution in [3.05, 3.63) is 35.9 Å². The Balaban J connectivity index is 2.23. The SMILES string of the molecule is CC[C@H](C)[C@H](NC(=O)C[C@H](O)[C@H](CC(C)C)NC(=O)[C@H](CCCCN)NC(=O)[C@H](Cc1ccccc1)NC(=O)OC(C)(C)C)C(=O)N[C@H]1CC(=O)N[C@H]1CC(C)C. The summed E-state index contributed by atoms with van der Waals surface area (Å²) in [5.41, 5.74) is 5.72. The second-order valence-electron chi connectivity index (χ2n) is 17.3. The van der Waals surface area contributed by atoms with Crippen molar-refractivity contribution >= 4 is 35.6 Å². The van der Waals surface area contributed by atoms with E-state index in [1.807, 2.05) is 71.9 Å². The van der Waals surface area contributed by atoms with E-state index in [9.17, 15) is 33.9 Å². The first-order valence-corrected chi connectivity index (χ1v) is 20.6. The summed E-state index contributed by atoms with van der Waals surface area (Å²) in [6, 6.07) is 4.60. The Kier molecular flexibility index (Phi) is 20.5. The van der Waals surface area contributed by atoms with Crippen molar-refractivity contribution < 1.29 is 38.6 Å². The van der Waals surface area contributed by atoms with E-state index < -0.39 is 78.1 Å². The van der Waals surface area contributed by atoms with Gasteiger partial charge in [-0.1, -0.05) is 78.3 Å². The van der Waals surface area contributed by atoms with Gasteiger partial charge in [-0.05, 0) is 82.7 Å². The highest BCUT2D eigenvalue weighted by molar-refractivity contribution is 5.92. The van der Waals surface area contributed by atoms with Crippen LogP contribution in [0, 0.1) is 17.8 Å². The zero-order valence-corrected chi connectivity index (χ0v) is 35.6. The lowest BCUT2D eigenvalue weighted by Gasteiger charge is -2.30. The van der Waals surface area contributed by atoms with Gasteiger partial charge >= 0.3 is 6.09 Å². The van der Waals surface area contributed by atoms with Gasteiger partial charge in [0, 0.05) is 18.9 Å². The number of hydrogen-bond acceptors (Lipinski definition) is 9. The number of amides is 6. The van der Waals surface area contributed by atoms with E-state index >= 15 is 0 Å². The number of carbonyl (C=O) groups excluding carboxylic acids is 6. The van der Waals surface area contributed by atoms with Crippen LogP contribution in [0.15, 0.2) is 30.3 Å². The fraction of sp³-hybridized carbons (Fsp3) is 0.714. The predicted molar refractivity (Wildman–Crippen MR) is 219 cm³/mol. The highest BCUT2D eigenvalue weighted by Crippen LogP contribution is 2.19. The van der Waals surface area contributed by atoms with E-state index in [4.69, 9.17) is 10.5 Å². The molecule has 15 heteroatoms. The minimum atomic E-state index is -1.33. The van der Waals surface area contributed by atoms with Crippen LogP contribution in [-0.2, 0) is 35.1 Å². The summed E-state index contributed by atoms with van der Waals surface area (Å²) in [5.74, 6) is -2.22. The Morgan fingerprint density at radius 1 is 0.895 bits per heavy atom. The van der Waals surface area contributed by atoms with Gasteiger partial charge < -0.3 is 47.5 Å². The molecule has 1 fully saturated rings. The molecule has 15 nitrogen and oxygen atoms in total. The van der Waals surface area contributed by atoms with Crippen molar-refractivity contribution in [3.63, 3.8) is 0 Å². The van der Waals surface area contributed by atoms with Gasteiger partial charge in [-0.15, -0.1) is 0 Å². The van der Waals surface area contributed by atoms with Crippen molar-refractivity contribution in [2.45, 2.75) is 168 Å². The van der Waals surface area contributed by atoms with Crippen LogP contribution in [0.5, 0.6) is 0 Å². The summed E-state index contributed by atoms with van der Waals surface area (Å²) in [5, 5.41) is 28.5. The number of aliphatic hydroxyl groups excluding tert-OH is 1. The number of carbonyl (C=O) groups is 6. The van der Waals surface area contributed by atoms with E-state index in [-0.39, 0.29) is 43.0 Å². The zero-order valence-electron chi connectivity index (χ0n) is 35.6. The lowest BCUT2D eigenvalue weighted by Crippen LogP contribution is -2.57. The molecule has 1 aromatic rings. The highest BCUT2D eigenvalue weighted by Gasteiger charge is 2.37. The van der Waals surface area contributed by atoms with Gasteiger partial charge in [-0.2, -0.15) is 0 Å². The average molecular weight is 802 g/mol. The van der Waals surface area contributed by atoms with Crippen molar-refractivity contribution in [2.24, 2.45) is 23.5 Å². The first-order chi connectivity index (χ1) is 26.7. The fourth-order valence-electron chi connectivity index (χ4n) is 6.78. The van der Waals surface area contributed by atoms with Crippen LogP contribution in [0.25, 0.3) is 0 Å². The molecule has 0 spiro atoms. The lowest BCUT2D eigenvalue weighted by atomic mass is 9.94. The van der Waals surface area contributed by atoms with Crippen molar-refractivity contribution in [2.75, 3.05) is 6.54 Å². The maximum Gasteiger partial charge on any atom is 0.408 e. The molecule has 6 amide bonds. The molecule has 9 N–H and O–H groups in total. The minimum absolute atomic E-state index is 0.00623. The average Bonchev–Trinajstić information content (AvgIpc) is 3.45. The Hall–Kier alpha value is -4.24. The second kappa shape index (κ2) is 23.9. The molecule has 0 bridgehead atoms. The molecule has 0 aromatic heterocycles. The third-order valence-electron chi connectivity index (χ3n) is 9.88. The highest BCUT2D eigenvalue weighted by atomic mass is 16.6. The number of benzene rings is 1. The molecule has 0 saturated carbocycles. The number of rotatable bonds is 23. The molecular formula is C42H71N7O8. The second-order valence-corrected chi connectivity index (χ2v) is 17.3. The van der Waals surface area contributed by atoms with Crippen LogP contribution >= 0.6 is 0 Å². The first-order valence-electron chi connectivity index (χ1n) is 20.6. The first kappa shape index (κ1) is 48.9. The molecular weight excluding hydrogens is 731 g/mol. The van der Waals surface area contributed by atoms with Gasteiger partial charge in [0.1, 0.15) is 23.7 Å². The van der Waals surface area contributed by atoms with E-state index in [0.29, 0.717) is 44.6 Å². The number of hydrogen-bond donors (Lipinski definition) is 8. The third-order valence-corrected chi connectivity index (χ3v) is 9.88. The molecule has 1 heterocycles. The summed E-state index contributed by atoms with van der Waals surface area (Å²) in [6.45, 7) is 17.2. The quantitative estimate of drug-likeness (QED) is 0.0760. The van der Waals surface area contributed by atoms with Crippen molar-refractivity contribution in [1.82, 2.24) is 31.9 Å². The summed E-state index contributed by atoms with van der Waals surface area (Å²) < 4.78 is 5.42. The van der Waals surface area contributed by atoms with Gasteiger partial charge in [0.05, 0.1) is 24.6 Å². The van der Waals surface area contributed by atoms with Crippen LogP contribution in [0.1, 0.15) is 119 Å². The standard InChI is InChI=1S/C42H71N7O8/c1-10-27(6)37(40(55)46-31-23-35(51)44-30(31)20-25(2)3)49-36(52)24-34(50)32(21-26(4)5)47-38(53)29(18-14-15-19-43)45-39(54)33(22-28-16-12-11-13-17-28)48-41(56)57-42(7,8)9/h11-13,16-17,25-27,29-34,37,50H,10,14-15,18-24,43H2,1-9H3,(H,44,51)(H,45,54)(H,46,55)(H,47,53)(H,48,56)(H,49,52)/t27-,29-,30-,31-,32-,33-,34-,37-/m0/s1. The molecule has 2 rings (SSSR count). The van der Waals surface area contributed by atoms with E-state index in [0.717, 1.165) is 5.56 Å². The number of nitrogens with one attached hydrogen (secondary N) is 6. The van der Waals surface area contributed by atoms with Crippen LogP contribution in [0.2, 0.25) is 0 Å². The molecule has 1 aliphatic heterocycles. The molecule has 1 saturated heterocycles. The van der Waals surface area contributed by atoms with Gasteiger partial charge in [-0.3, -0.25) is 24.0 Å². The monoisotopic (exact) mass is 802 g/mol. The number of alkyl carbamates (subject to hydrolysis) is 1. The molecule has 1 aromatic carbocycles. The maximum atomic E-state index is 14.0. The van der Waals surface area contributed by atoms with Gasteiger partial charge in [-0.25, -0.2) is 4.79 Å². The molecule has 0 unspecified atom stereocenters. The van der Waals surface area contributed by atoms with E-state index in [1.165, 1.54) is 0 Å². The van der Waals surface area contributed by atoms with E-state index in [2.05, 4.69) is 31.9 Å². The van der Waals surface area contributed by atoms with Crippen LogP contribution in [0.3, 0.4) is 0 Å². The Labute approximate surface area is 339 Å². The molecule has 0 radical (unpaired) electrons. The summed E-state index contributed by atoms with van der Waals surface area (Å²) in [4.78, 5) is 79.8. The Morgan fingerprint density at radius 3 is 2.12 bits per heavy atom. The minimum Gasteiger partial charge on any atom is -0.444 e. The topological polar surface area (TPSA) is 230 Å². The predicted octanol–water partition coefficient (Wildman–Crippen LogP) is 2.97. The molecule has 57 heavy (non-hydrogen) atoms. The fourth-order valence-corrected chi connectivity index (χ4v) is 6.78. The molecule has 0 aliphatic carbocycles. The zero-order chi connectivity index (χ0) is 42.9. The molecule has 322 valence electrons. The van der Waals surface area contributed by atoms with Crippen LogP contribution in [-0.4, -0.2) is 95.2 Å². The number of nitrogens with two attached hydrogens (primary N) is 1. The van der Waals surface area contributed by atoms with E-state index in [1.54, 1.807) is 20.8 Å². The number of unbranched alkanes of at least 4 members (excludes halogenated alkanes) is 1. The lowest BCUT2D eigenvalue weighted by molar-refractivity contribution is -0.133. The van der Waals surface area contributed by atoms with Gasteiger partial charge in [0.15, 0.2) is 0 Å². The van der Waals surface area contributed by atoms with Crippen molar-refractivity contribution in [1.29, 1.82) is 0 Å². The molecule has 1 aliphatic rings. The maximum absolute atomic E-state index is 14.0. The van der Waals surface area contributed by atoms with Crippen LogP contribution in [0.4, 0.5) is 4.79 Å². The largest absolute Gasteiger partial charge is 0.444 e. The third kappa shape index (κ3) is 18.3. The van der Waals surface area contributed by atoms with Crippen molar-refractivity contribution in [3.8, 4) is 0 Å².